The van der Waals surface area contributed by atoms with Gasteiger partial charge in [-0.25, -0.2) is 0 Å². The predicted octanol–water partition coefficient (Wildman–Crippen LogP) is -1.01. The van der Waals surface area contributed by atoms with Crippen LogP contribution in [0.4, 0.5) is 0 Å². The first-order valence-corrected chi connectivity index (χ1v) is 15.3. The second-order valence-corrected chi connectivity index (χ2v) is 11.5. The molecule has 14 nitrogen and oxygen atoms in total. The van der Waals surface area contributed by atoms with Crippen molar-refractivity contribution in [3.8, 4) is 0 Å². The van der Waals surface area contributed by atoms with Crippen LogP contribution >= 0.6 is 0 Å². The molecule has 0 spiro atoms. The van der Waals surface area contributed by atoms with Gasteiger partial charge in [0.1, 0.15) is 18.1 Å². The van der Waals surface area contributed by atoms with E-state index in [1.807, 2.05) is 13.8 Å². The second kappa shape index (κ2) is 18.9. The van der Waals surface area contributed by atoms with Gasteiger partial charge in [0.15, 0.2) is 5.96 Å². The molecule has 4 atom stereocenters. The van der Waals surface area contributed by atoms with Gasteiger partial charge in [-0.1, -0.05) is 32.0 Å². The monoisotopic (exact) mass is 616 g/mol. The maximum absolute atomic E-state index is 13.6. The van der Waals surface area contributed by atoms with Gasteiger partial charge in [-0.2, -0.15) is 0 Å². The van der Waals surface area contributed by atoms with Gasteiger partial charge < -0.3 is 48.1 Å². The van der Waals surface area contributed by atoms with Crippen LogP contribution in [0.1, 0.15) is 75.6 Å². The maximum atomic E-state index is 13.6. The highest BCUT2D eigenvalue weighted by atomic mass is 16.4. The number of nitrogens with two attached hydrogens (primary N) is 3. The lowest BCUT2D eigenvalue weighted by Crippen LogP contribution is -2.58. The molecule has 1 aromatic carbocycles. The molecular weight excluding hydrogens is 567 g/mol. The molecule has 1 fully saturated rings. The smallest absolute Gasteiger partial charge is 0.426 e. The topological polar surface area (TPSA) is 238 Å². The number of unbranched alkanes of at least 4 members (excludes halogenated alkanes) is 1. The zero-order valence-corrected chi connectivity index (χ0v) is 25.8. The summed E-state index contributed by atoms with van der Waals surface area (Å²) in [5.74, 6) is -2.81. The summed E-state index contributed by atoms with van der Waals surface area (Å²) in [6.07, 6.45) is 3.43. The van der Waals surface area contributed by atoms with Crippen molar-refractivity contribution in [2.75, 3.05) is 19.6 Å². The molecule has 0 aromatic heterocycles. The van der Waals surface area contributed by atoms with Gasteiger partial charge >= 0.3 is 7.12 Å². The minimum Gasteiger partial charge on any atom is -0.426 e. The van der Waals surface area contributed by atoms with Crippen molar-refractivity contribution in [3.05, 3.63) is 35.9 Å². The van der Waals surface area contributed by atoms with Gasteiger partial charge in [0.2, 0.25) is 17.7 Å². The van der Waals surface area contributed by atoms with Crippen LogP contribution in [0, 0.1) is 5.92 Å². The molecule has 15 heteroatoms. The molecule has 4 amide bonds. The first-order chi connectivity index (χ1) is 20.9. The predicted molar refractivity (Wildman–Crippen MR) is 169 cm³/mol. The van der Waals surface area contributed by atoms with E-state index in [2.05, 4.69) is 20.9 Å². The molecule has 0 aliphatic carbocycles. The fourth-order valence-electron chi connectivity index (χ4n) is 5.18. The van der Waals surface area contributed by atoms with Gasteiger partial charge in [-0.15, -0.1) is 0 Å². The van der Waals surface area contributed by atoms with Crippen LogP contribution in [0.15, 0.2) is 35.3 Å². The van der Waals surface area contributed by atoms with E-state index in [1.54, 1.807) is 30.3 Å². The standard InChI is InChI=1S/C29H49BN8O6/c1-19(2)18-23(27(41)36-22(12-6-7-15-31)28(42)38-17-9-14-24(38)30(43)44)37-26(40)21(13-8-16-34-29(32)33)35-25(39)20-10-4-3-5-11-20/h3-5,10-11,19,21-24,43-44H,6-9,12-18,31H2,1-2H3,(H,35,39)(H,36,41)(H,37,40)(H4,32,33,34)/t21-,22-,23-,24-/m0/s1. The molecule has 1 saturated heterocycles. The number of carbonyl (C=O) groups is 4. The largest absolute Gasteiger partial charge is 0.475 e. The van der Waals surface area contributed by atoms with Gasteiger partial charge in [0.05, 0.1) is 5.94 Å². The average Bonchev–Trinajstić information content (AvgIpc) is 3.48. The maximum Gasteiger partial charge on any atom is 0.475 e. The van der Waals surface area contributed by atoms with E-state index >= 15 is 0 Å². The fraction of sp³-hybridized carbons (Fsp3) is 0.621. The van der Waals surface area contributed by atoms with Crippen molar-refractivity contribution < 1.29 is 29.2 Å². The minimum atomic E-state index is -1.69. The Morgan fingerprint density at radius 2 is 1.59 bits per heavy atom. The zero-order chi connectivity index (χ0) is 32.6. The normalized spacial score (nSPS) is 16.5. The SMILES string of the molecule is CC(C)C[C@H](NC(=O)[C@H](CCCN=C(N)N)NC(=O)c1ccccc1)C(=O)N[C@@H](CCCCN)C(=O)N1CCC[C@H]1B(O)O. The Bertz CT molecular complexity index is 1100. The van der Waals surface area contributed by atoms with Gasteiger partial charge in [-0.3, -0.25) is 24.2 Å². The Labute approximate surface area is 259 Å². The van der Waals surface area contributed by atoms with Crippen LogP contribution in [-0.4, -0.2) is 95.4 Å². The minimum absolute atomic E-state index is 0.00386. The van der Waals surface area contributed by atoms with E-state index in [0.29, 0.717) is 57.2 Å². The van der Waals surface area contributed by atoms with Crippen LogP contribution in [0.25, 0.3) is 0 Å². The van der Waals surface area contributed by atoms with Crippen molar-refractivity contribution in [1.82, 2.24) is 20.9 Å². The number of nitrogens with zero attached hydrogens (tertiary/aromatic N) is 2. The van der Waals surface area contributed by atoms with Crippen LogP contribution < -0.4 is 33.2 Å². The molecule has 0 bridgehead atoms. The first-order valence-electron chi connectivity index (χ1n) is 15.3. The lowest BCUT2D eigenvalue weighted by Gasteiger charge is -2.30. The molecule has 1 aliphatic heterocycles. The third-order valence-corrected chi connectivity index (χ3v) is 7.43. The van der Waals surface area contributed by atoms with E-state index < -0.39 is 54.8 Å². The van der Waals surface area contributed by atoms with Crippen molar-refractivity contribution >= 4 is 36.7 Å². The lowest BCUT2D eigenvalue weighted by atomic mass is 9.77. The highest BCUT2D eigenvalue weighted by molar-refractivity contribution is 6.43. The molecule has 44 heavy (non-hydrogen) atoms. The second-order valence-electron chi connectivity index (χ2n) is 11.5. The Morgan fingerprint density at radius 3 is 2.20 bits per heavy atom. The molecule has 1 aromatic rings. The molecule has 244 valence electrons. The Morgan fingerprint density at radius 1 is 0.955 bits per heavy atom. The highest BCUT2D eigenvalue weighted by Crippen LogP contribution is 2.20. The molecule has 1 heterocycles. The third kappa shape index (κ3) is 12.1. The first kappa shape index (κ1) is 36.5. The van der Waals surface area contributed by atoms with Crippen LogP contribution in [0.2, 0.25) is 0 Å². The number of hydrogen-bond donors (Lipinski definition) is 8. The molecular formula is C29H49BN8O6. The number of nitrogens with one attached hydrogen (secondary N) is 3. The zero-order valence-electron chi connectivity index (χ0n) is 25.8. The van der Waals surface area contributed by atoms with Crippen LogP contribution in [0.5, 0.6) is 0 Å². The molecule has 2 rings (SSSR count). The van der Waals surface area contributed by atoms with Gasteiger partial charge in [0.25, 0.3) is 5.91 Å². The quantitative estimate of drug-likeness (QED) is 0.0436. The molecule has 11 N–H and O–H groups in total. The van der Waals surface area contributed by atoms with Crippen molar-refractivity contribution in [3.63, 3.8) is 0 Å². The summed E-state index contributed by atoms with van der Waals surface area (Å²) in [5.41, 5.74) is 16.8. The Balaban J connectivity index is 2.23. The number of aliphatic imine (C=N–C) groups is 1. The fourth-order valence-corrected chi connectivity index (χ4v) is 5.18. The Hall–Kier alpha value is -3.69. The Kier molecular flexibility index (Phi) is 15.7. The number of amides is 4. The summed E-state index contributed by atoms with van der Waals surface area (Å²) in [6.45, 7) is 4.81. The summed E-state index contributed by atoms with van der Waals surface area (Å²) in [7, 11) is -1.69. The van der Waals surface area contributed by atoms with E-state index in [-0.39, 0.29) is 31.3 Å². The van der Waals surface area contributed by atoms with Crippen molar-refractivity contribution in [2.24, 2.45) is 28.1 Å². The van der Waals surface area contributed by atoms with Crippen LogP contribution in [0.3, 0.4) is 0 Å². The highest BCUT2D eigenvalue weighted by Gasteiger charge is 2.40. The number of hydrogen-bond acceptors (Lipinski definition) is 8. The van der Waals surface area contributed by atoms with E-state index in [0.717, 1.165) is 0 Å². The molecule has 0 saturated carbocycles. The number of rotatable bonds is 18. The summed E-state index contributed by atoms with van der Waals surface area (Å²) in [4.78, 5) is 59.0. The van der Waals surface area contributed by atoms with Crippen molar-refractivity contribution in [1.29, 1.82) is 0 Å². The summed E-state index contributed by atoms with van der Waals surface area (Å²) in [5, 5.41) is 27.9. The molecule has 0 unspecified atom stereocenters. The third-order valence-electron chi connectivity index (χ3n) is 7.43. The average molecular weight is 617 g/mol. The summed E-state index contributed by atoms with van der Waals surface area (Å²) >= 11 is 0. The summed E-state index contributed by atoms with van der Waals surface area (Å²) < 4.78 is 0. The number of benzene rings is 1. The lowest BCUT2D eigenvalue weighted by molar-refractivity contribution is -0.137. The molecule has 0 radical (unpaired) electrons. The molecule has 1 aliphatic rings. The number of likely N-dealkylation sites (tertiary alicyclic amines) is 1. The van der Waals surface area contributed by atoms with E-state index in [9.17, 15) is 29.2 Å². The number of guanidine groups is 1. The summed E-state index contributed by atoms with van der Waals surface area (Å²) in [6, 6.07) is 5.52. The van der Waals surface area contributed by atoms with Gasteiger partial charge in [0, 0.05) is 18.7 Å². The van der Waals surface area contributed by atoms with Crippen molar-refractivity contribution in [2.45, 2.75) is 89.3 Å². The van der Waals surface area contributed by atoms with E-state index in [1.165, 1.54) is 4.90 Å². The van der Waals surface area contributed by atoms with E-state index in [4.69, 9.17) is 17.2 Å². The van der Waals surface area contributed by atoms with Crippen LogP contribution in [-0.2, 0) is 14.4 Å². The van der Waals surface area contributed by atoms with Gasteiger partial charge in [-0.05, 0) is 76.0 Å². The number of carbonyl (C=O) groups excluding carboxylic acids is 4.